The van der Waals surface area contributed by atoms with Crippen molar-refractivity contribution in [1.29, 1.82) is 0 Å². The first-order valence-corrected chi connectivity index (χ1v) is 6.45. The summed E-state index contributed by atoms with van der Waals surface area (Å²) in [5.41, 5.74) is 8.73. The number of hydrogen-bond acceptors (Lipinski definition) is 3. The lowest BCUT2D eigenvalue weighted by molar-refractivity contribution is 0.502. The zero-order valence-corrected chi connectivity index (χ0v) is 11.0. The summed E-state index contributed by atoms with van der Waals surface area (Å²) in [7, 11) is 0. The average Bonchev–Trinajstić information content (AvgIpc) is 2.81. The molecule has 0 aliphatic heterocycles. The second-order valence-corrected chi connectivity index (χ2v) is 4.88. The van der Waals surface area contributed by atoms with E-state index in [4.69, 9.17) is 21.8 Å². The second kappa shape index (κ2) is 5.03. The summed E-state index contributed by atoms with van der Waals surface area (Å²) >= 11 is 5.92. The van der Waals surface area contributed by atoms with Gasteiger partial charge in [0.25, 0.3) is 0 Å². The first-order chi connectivity index (χ1) is 9.22. The van der Waals surface area contributed by atoms with Crippen molar-refractivity contribution in [2.45, 2.75) is 12.5 Å². The summed E-state index contributed by atoms with van der Waals surface area (Å²) in [4.78, 5) is 4.41. The Hall–Kier alpha value is -1.84. The van der Waals surface area contributed by atoms with E-state index in [0.29, 0.717) is 22.9 Å². The molecule has 4 heteroatoms. The SMILES string of the molecule is NC(Cc1nc2ccc(Cl)cc2o1)c1ccccc1. The van der Waals surface area contributed by atoms with Gasteiger partial charge in [-0.25, -0.2) is 4.98 Å². The topological polar surface area (TPSA) is 52.0 Å². The molecule has 0 fully saturated rings. The molecule has 2 N–H and O–H groups in total. The Balaban J connectivity index is 1.85. The Bertz CT molecular complexity index is 694. The van der Waals surface area contributed by atoms with Gasteiger partial charge in [0.2, 0.25) is 0 Å². The highest BCUT2D eigenvalue weighted by atomic mass is 35.5. The maximum atomic E-state index is 6.15. The lowest BCUT2D eigenvalue weighted by atomic mass is 10.1. The van der Waals surface area contributed by atoms with Gasteiger partial charge in [-0.05, 0) is 17.7 Å². The van der Waals surface area contributed by atoms with Crippen LogP contribution in [0.5, 0.6) is 0 Å². The number of benzene rings is 2. The van der Waals surface area contributed by atoms with Gasteiger partial charge in [-0.1, -0.05) is 41.9 Å². The van der Waals surface area contributed by atoms with Crippen molar-refractivity contribution < 1.29 is 4.42 Å². The van der Waals surface area contributed by atoms with Crippen LogP contribution in [0.25, 0.3) is 11.1 Å². The molecule has 0 spiro atoms. The van der Waals surface area contributed by atoms with E-state index < -0.39 is 0 Å². The van der Waals surface area contributed by atoms with Gasteiger partial charge in [0.1, 0.15) is 5.52 Å². The molecule has 3 nitrogen and oxygen atoms in total. The van der Waals surface area contributed by atoms with E-state index in [1.54, 1.807) is 12.1 Å². The molecule has 96 valence electrons. The number of halogens is 1. The molecule has 1 aromatic heterocycles. The number of nitrogens with zero attached hydrogens (tertiary/aromatic N) is 1. The Kier molecular flexibility index (Phi) is 3.23. The molecule has 0 bridgehead atoms. The van der Waals surface area contributed by atoms with Gasteiger partial charge < -0.3 is 10.2 Å². The average molecular weight is 273 g/mol. The van der Waals surface area contributed by atoms with Crippen LogP contribution >= 0.6 is 11.6 Å². The number of rotatable bonds is 3. The van der Waals surface area contributed by atoms with Gasteiger partial charge in [-0.2, -0.15) is 0 Å². The first kappa shape index (κ1) is 12.2. The molecule has 19 heavy (non-hydrogen) atoms. The predicted octanol–water partition coefficient (Wildman–Crippen LogP) is 3.72. The summed E-state index contributed by atoms with van der Waals surface area (Å²) in [5, 5.41) is 0.641. The van der Waals surface area contributed by atoms with Gasteiger partial charge in [0.15, 0.2) is 11.5 Å². The number of hydrogen-bond donors (Lipinski definition) is 1. The lowest BCUT2D eigenvalue weighted by Gasteiger charge is -2.08. The minimum atomic E-state index is -0.121. The summed E-state index contributed by atoms with van der Waals surface area (Å²) in [6.07, 6.45) is 0.566. The summed E-state index contributed by atoms with van der Waals surface area (Å²) in [6.45, 7) is 0. The van der Waals surface area contributed by atoms with Crippen LogP contribution in [0, 0.1) is 0 Å². The molecule has 1 unspecified atom stereocenters. The minimum Gasteiger partial charge on any atom is -0.441 e. The summed E-state index contributed by atoms with van der Waals surface area (Å²) < 4.78 is 5.67. The quantitative estimate of drug-likeness (QED) is 0.790. The number of fused-ring (bicyclic) bond motifs is 1. The standard InChI is InChI=1S/C15H13ClN2O/c16-11-6-7-13-14(8-11)19-15(18-13)9-12(17)10-4-2-1-3-5-10/h1-8,12H,9,17H2. The molecule has 1 atom stereocenters. The van der Waals surface area contributed by atoms with E-state index in [1.807, 2.05) is 36.4 Å². The lowest BCUT2D eigenvalue weighted by Crippen LogP contribution is -2.13. The van der Waals surface area contributed by atoms with Crippen molar-refractivity contribution in [1.82, 2.24) is 4.98 Å². The van der Waals surface area contributed by atoms with Gasteiger partial charge in [0, 0.05) is 23.6 Å². The first-order valence-electron chi connectivity index (χ1n) is 6.08. The van der Waals surface area contributed by atoms with Crippen LogP contribution in [0.1, 0.15) is 17.5 Å². The van der Waals surface area contributed by atoms with E-state index in [0.717, 1.165) is 11.1 Å². The van der Waals surface area contributed by atoms with Crippen LogP contribution in [-0.4, -0.2) is 4.98 Å². The molecule has 2 aromatic carbocycles. The Morgan fingerprint density at radius 1 is 1.16 bits per heavy atom. The Morgan fingerprint density at radius 2 is 1.95 bits per heavy atom. The van der Waals surface area contributed by atoms with Crippen LogP contribution in [-0.2, 0) is 6.42 Å². The van der Waals surface area contributed by atoms with Gasteiger partial charge >= 0.3 is 0 Å². The third-order valence-electron chi connectivity index (χ3n) is 3.02. The van der Waals surface area contributed by atoms with Crippen LogP contribution in [0.15, 0.2) is 52.9 Å². The zero-order chi connectivity index (χ0) is 13.2. The van der Waals surface area contributed by atoms with Gasteiger partial charge in [-0.15, -0.1) is 0 Å². The molecule has 0 saturated carbocycles. The van der Waals surface area contributed by atoms with Crippen molar-refractivity contribution in [2.75, 3.05) is 0 Å². The maximum Gasteiger partial charge on any atom is 0.197 e. The minimum absolute atomic E-state index is 0.121. The molecule has 0 aliphatic rings. The largest absolute Gasteiger partial charge is 0.441 e. The number of oxazole rings is 1. The molecule has 0 amide bonds. The fraction of sp³-hybridized carbons (Fsp3) is 0.133. The Morgan fingerprint density at radius 3 is 2.74 bits per heavy atom. The molecule has 1 heterocycles. The monoisotopic (exact) mass is 272 g/mol. The zero-order valence-electron chi connectivity index (χ0n) is 10.2. The normalized spacial score (nSPS) is 12.7. The van der Waals surface area contributed by atoms with E-state index in [2.05, 4.69) is 4.98 Å². The predicted molar refractivity (Wildman–Crippen MR) is 76.1 cm³/mol. The van der Waals surface area contributed by atoms with E-state index >= 15 is 0 Å². The van der Waals surface area contributed by atoms with E-state index in [-0.39, 0.29) is 6.04 Å². The van der Waals surface area contributed by atoms with Crippen LogP contribution < -0.4 is 5.73 Å². The Labute approximate surface area is 116 Å². The fourth-order valence-corrected chi connectivity index (χ4v) is 2.20. The molecule has 3 rings (SSSR count). The van der Waals surface area contributed by atoms with Crippen molar-refractivity contribution in [3.63, 3.8) is 0 Å². The van der Waals surface area contributed by atoms with Crippen LogP contribution in [0.2, 0.25) is 5.02 Å². The maximum absolute atomic E-state index is 6.15. The number of aromatic nitrogens is 1. The second-order valence-electron chi connectivity index (χ2n) is 4.44. The van der Waals surface area contributed by atoms with E-state index in [9.17, 15) is 0 Å². The van der Waals surface area contributed by atoms with E-state index in [1.165, 1.54) is 0 Å². The third-order valence-corrected chi connectivity index (χ3v) is 3.25. The van der Waals surface area contributed by atoms with Gasteiger partial charge in [-0.3, -0.25) is 0 Å². The highest BCUT2D eigenvalue weighted by molar-refractivity contribution is 6.31. The molecular formula is C15H13ClN2O. The fourth-order valence-electron chi connectivity index (χ4n) is 2.04. The molecule has 0 saturated heterocycles. The third kappa shape index (κ3) is 2.62. The van der Waals surface area contributed by atoms with Crippen molar-refractivity contribution in [2.24, 2.45) is 5.73 Å². The van der Waals surface area contributed by atoms with Crippen molar-refractivity contribution in [3.05, 3.63) is 65.0 Å². The molecular weight excluding hydrogens is 260 g/mol. The van der Waals surface area contributed by atoms with Crippen LogP contribution in [0.4, 0.5) is 0 Å². The molecule has 0 aliphatic carbocycles. The smallest absolute Gasteiger partial charge is 0.197 e. The number of nitrogens with two attached hydrogens (primary N) is 1. The summed E-state index contributed by atoms with van der Waals surface area (Å²) in [5.74, 6) is 0.633. The molecule has 3 aromatic rings. The highest BCUT2D eigenvalue weighted by Crippen LogP contribution is 2.22. The van der Waals surface area contributed by atoms with Crippen molar-refractivity contribution in [3.8, 4) is 0 Å². The van der Waals surface area contributed by atoms with Crippen molar-refractivity contribution >= 4 is 22.7 Å². The molecule has 0 radical (unpaired) electrons. The summed E-state index contributed by atoms with van der Waals surface area (Å²) in [6, 6.07) is 15.2. The van der Waals surface area contributed by atoms with Gasteiger partial charge in [0.05, 0.1) is 0 Å². The highest BCUT2D eigenvalue weighted by Gasteiger charge is 2.12. The van der Waals surface area contributed by atoms with Crippen LogP contribution in [0.3, 0.4) is 0 Å².